The summed E-state index contributed by atoms with van der Waals surface area (Å²) < 4.78 is 6.52. The molecule has 0 aliphatic heterocycles. The quantitative estimate of drug-likeness (QED) is 0.529. The molecule has 3 aromatic carbocycles. The largest absolute Gasteiger partial charge is 0.343 e. The summed E-state index contributed by atoms with van der Waals surface area (Å²) >= 11 is 0. The Hall–Kier alpha value is -2.42. The molecule has 1 unspecified atom stereocenters. The zero-order valence-electron chi connectivity index (χ0n) is 13.9. The molecule has 2 N–H and O–H groups in total. The van der Waals surface area contributed by atoms with E-state index in [2.05, 4.69) is 36.4 Å². The average molecular weight is 317 g/mol. The van der Waals surface area contributed by atoms with Crippen molar-refractivity contribution in [1.29, 1.82) is 0 Å². The maximum atomic E-state index is 6.52. The fourth-order valence-electron chi connectivity index (χ4n) is 3.03. The summed E-state index contributed by atoms with van der Waals surface area (Å²) in [6, 6.07) is 30.9. The van der Waals surface area contributed by atoms with Gasteiger partial charge in [0.1, 0.15) is 11.8 Å². The summed E-state index contributed by atoms with van der Waals surface area (Å²) in [4.78, 5) is 0. The molecule has 24 heavy (non-hydrogen) atoms. The third-order valence-corrected chi connectivity index (χ3v) is 4.27. The Morgan fingerprint density at radius 2 is 1.04 bits per heavy atom. The van der Waals surface area contributed by atoms with Gasteiger partial charge in [-0.1, -0.05) is 97.9 Å². The van der Waals surface area contributed by atoms with E-state index in [1.165, 1.54) is 0 Å². The van der Waals surface area contributed by atoms with E-state index >= 15 is 0 Å². The number of hydrogen-bond acceptors (Lipinski definition) is 2. The summed E-state index contributed by atoms with van der Waals surface area (Å²) in [6.45, 7) is 2.04. The predicted octanol–water partition coefficient (Wildman–Crippen LogP) is 4.69. The zero-order chi connectivity index (χ0) is 16.8. The van der Waals surface area contributed by atoms with Crippen LogP contribution in [-0.4, -0.2) is 6.23 Å². The predicted molar refractivity (Wildman–Crippen MR) is 98.6 cm³/mol. The lowest BCUT2D eigenvalue weighted by Crippen LogP contribution is -2.40. The van der Waals surface area contributed by atoms with Crippen LogP contribution < -0.4 is 5.73 Å². The Labute approximate surface area is 143 Å². The van der Waals surface area contributed by atoms with Gasteiger partial charge < -0.3 is 10.5 Å². The number of benzene rings is 3. The third-order valence-electron chi connectivity index (χ3n) is 4.27. The fraction of sp³-hybridized carbons (Fsp3) is 0.182. The Balaban J connectivity index is 2.28. The highest BCUT2D eigenvalue weighted by molar-refractivity contribution is 5.47. The van der Waals surface area contributed by atoms with Crippen LogP contribution >= 0.6 is 0 Å². The van der Waals surface area contributed by atoms with Crippen molar-refractivity contribution in [2.75, 3.05) is 0 Å². The second-order valence-corrected chi connectivity index (χ2v) is 5.84. The van der Waals surface area contributed by atoms with Crippen molar-refractivity contribution in [3.05, 3.63) is 108 Å². The molecule has 2 nitrogen and oxygen atoms in total. The molecule has 0 amide bonds. The van der Waals surface area contributed by atoms with Gasteiger partial charge in [-0.3, -0.25) is 0 Å². The summed E-state index contributed by atoms with van der Waals surface area (Å²) in [5, 5.41) is 0. The molecular weight excluding hydrogens is 294 g/mol. The van der Waals surface area contributed by atoms with Gasteiger partial charge in [0.15, 0.2) is 0 Å². The second-order valence-electron chi connectivity index (χ2n) is 5.84. The van der Waals surface area contributed by atoms with E-state index < -0.39 is 5.60 Å². The van der Waals surface area contributed by atoms with E-state index in [0.29, 0.717) is 0 Å². The fourth-order valence-corrected chi connectivity index (χ4v) is 3.03. The van der Waals surface area contributed by atoms with Gasteiger partial charge in [-0.15, -0.1) is 0 Å². The molecule has 0 aromatic heterocycles. The van der Waals surface area contributed by atoms with Crippen molar-refractivity contribution in [3.8, 4) is 0 Å². The first kappa shape index (κ1) is 16.4. The third kappa shape index (κ3) is 3.12. The van der Waals surface area contributed by atoms with Gasteiger partial charge in [0.2, 0.25) is 0 Å². The minimum Gasteiger partial charge on any atom is -0.343 e. The van der Waals surface area contributed by atoms with Gasteiger partial charge in [0.25, 0.3) is 0 Å². The Kier molecular flexibility index (Phi) is 5.09. The summed E-state index contributed by atoms with van der Waals surface area (Å²) in [5.41, 5.74) is 8.75. The molecular formula is C22H23NO. The lowest BCUT2D eigenvalue weighted by atomic mass is 9.80. The molecule has 122 valence electrons. The van der Waals surface area contributed by atoms with E-state index in [9.17, 15) is 0 Å². The number of rotatable bonds is 6. The number of hydrogen-bond donors (Lipinski definition) is 1. The molecule has 2 heteroatoms. The average Bonchev–Trinajstić information content (AvgIpc) is 2.68. The normalized spacial score (nSPS) is 12.8. The van der Waals surface area contributed by atoms with Crippen LogP contribution in [0.1, 0.15) is 30.0 Å². The van der Waals surface area contributed by atoms with Crippen molar-refractivity contribution in [1.82, 2.24) is 0 Å². The smallest absolute Gasteiger partial charge is 0.145 e. The van der Waals surface area contributed by atoms with Gasteiger partial charge in [-0.2, -0.15) is 0 Å². The van der Waals surface area contributed by atoms with Crippen LogP contribution in [0.5, 0.6) is 0 Å². The van der Waals surface area contributed by atoms with Crippen LogP contribution in [0.4, 0.5) is 0 Å². The highest BCUT2D eigenvalue weighted by atomic mass is 16.5. The Bertz CT molecular complexity index is 644. The molecule has 0 radical (unpaired) electrons. The molecule has 0 spiro atoms. The van der Waals surface area contributed by atoms with E-state index in [1.54, 1.807) is 0 Å². The maximum Gasteiger partial charge on any atom is 0.145 e. The highest BCUT2D eigenvalue weighted by Gasteiger charge is 2.38. The SMILES string of the molecule is CCC(N)OC(c1ccccc1)(c1ccccc1)c1ccccc1. The standard InChI is InChI=1S/C22H23NO/c1-2-21(23)24-22(18-12-6-3-7-13-18,19-14-8-4-9-15-19)20-16-10-5-11-17-20/h3-17,21H,2,23H2,1H3. The molecule has 0 aliphatic carbocycles. The van der Waals surface area contributed by atoms with E-state index in [1.807, 2.05) is 61.5 Å². The second kappa shape index (κ2) is 7.43. The topological polar surface area (TPSA) is 35.2 Å². The van der Waals surface area contributed by atoms with Crippen LogP contribution in [-0.2, 0) is 10.3 Å². The van der Waals surface area contributed by atoms with Gasteiger partial charge in [0.05, 0.1) is 0 Å². The van der Waals surface area contributed by atoms with Crippen molar-refractivity contribution >= 4 is 0 Å². The first-order valence-corrected chi connectivity index (χ1v) is 8.37. The van der Waals surface area contributed by atoms with E-state index in [-0.39, 0.29) is 6.23 Å². The molecule has 3 rings (SSSR count). The number of nitrogens with two attached hydrogens (primary N) is 1. The first-order chi connectivity index (χ1) is 11.8. The lowest BCUT2D eigenvalue weighted by Gasteiger charge is -2.37. The first-order valence-electron chi connectivity index (χ1n) is 8.37. The molecule has 0 saturated carbocycles. The van der Waals surface area contributed by atoms with Crippen molar-refractivity contribution < 1.29 is 4.74 Å². The molecule has 3 aromatic rings. The zero-order valence-corrected chi connectivity index (χ0v) is 13.9. The minimum absolute atomic E-state index is 0.356. The van der Waals surface area contributed by atoms with Gasteiger partial charge in [0, 0.05) is 0 Å². The Morgan fingerprint density at radius 3 is 1.33 bits per heavy atom. The van der Waals surface area contributed by atoms with Crippen molar-refractivity contribution in [2.45, 2.75) is 25.2 Å². The molecule has 1 atom stereocenters. The Morgan fingerprint density at radius 1 is 0.708 bits per heavy atom. The number of ether oxygens (including phenoxy) is 1. The van der Waals surface area contributed by atoms with Crippen LogP contribution in [0.25, 0.3) is 0 Å². The van der Waals surface area contributed by atoms with Gasteiger partial charge in [-0.05, 0) is 23.1 Å². The molecule has 0 saturated heterocycles. The van der Waals surface area contributed by atoms with Gasteiger partial charge in [-0.25, -0.2) is 0 Å². The minimum atomic E-state index is -0.723. The monoisotopic (exact) mass is 317 g/mol. The molecule has 0 fully saturated rings. The molecule has 0 bridgehead atoms. The van der Waals surface area contributed by atoms with Crippen LogP contribution in [0.15, 0.2) is 91.0 Å². The van der Waals surface area contributed by atoms with Crippen molar-refractivity contribution in [2.24, 2.45) is 5.73 Å². The van der Waals surface area contributed by atoms with Gasteiger partial charge >= 0.3 is 0 Å². The maximum absolute atomic E-state index is 6.52. The van der Waals surface area contributed by atoms with E-state index in [0.717, 1.165) is 23.1 Å². The van der Waals surface area contributed by atoms with Crippen LogP contribution in [0, 0.1) is 0 Å². The van der Waals surface area contributed by atoms with E-state index in [4.69, 9.17) is 10.5 Å². The summed E-state index contributed by atoms with van der Waals surface area (Å²) in [7, 11) is 0. The summed E-state index contributed by atoms with van der Waals surface area (Å²) in [5.74, 6) is 0. The van der Waals surface area contributed by atoms with Crippen molar-refractivity contribution in [3.63, 3.8) is 0 Å². The van der Waals surface area contributed by atoms with Crippen LogP contribution in [0.3, 0.4) is 0 Å². The molecule has 0 heterocycles. The lowest BCUT2D eigenvalue weighted by molar-refractivity contribution is -0.0457. The molecule has 0 aliphatic rings. The summed E-state index contributed by atoms with van der Waals surface area (Å²) in [6.07, 6.45) is 0.388. The highest BCUT2D eigenvalue weighted by Crippen LogP contribution is 2.41. The van der Waals surface area contributed by atoms with Crippen LogP contribution in [0.2, 0.25) is 0 Å².